The highest BCUT2D eigenvalue weighted by atomic mass is 16.6. The Bertz CT molecular complexity index is 893. The molecule has 0 unspecified atom stereocenters. The zero-order valence-electron chi connectivity index (χ0n) is 16.6. The summed E-state index contributed by atoms with van der Waals surface area (Å²) in [5, 5.41) is 0. The van der Waals surface area contributed by atoms with Gasteiger partial charge in [-0.05, 0) is 54.8 Å². The van der Waals surface area contributed by atoms with Crippen molar-refractivity contribution < 1.29 is 23.8 Å². The second-order valence-electron chi connectivity index (χ2n) is 7.24. The number of carbonyl (C=O) groups is 2. The molecule has 1 fully saturated rings. The number of hydrogen-bond donors (Lipinski definition) is 0. The molecule has 1 saturated heterocycles. The van der Waals surface area contributed by atoms with Gasteiger partial charge in [0.2, 0.25) is 0 Å². The Labute approximate surface area is 170 Å². The number of benzene rings is 2. The van der Waals surface area contributed by atoms with Gasteiger partial charge in [-0.1, -0.05) is 13.0 Å². The van der Waals surface area contributed by atoms with Crippen molar-refractivity contribution in [2.45, 2.75) is 32.2 Å². The van der Waals surface area contributed by atoms with Gasteiger partial charge in [-0.25, -0.2) is 0 Å². The van der Waals surface area contributed by atoms with Gasteiger partial charge < -0.3 is 19.1 Å². The van der Waals surface area contributed by atoms with Crippen molar-refractivity contribution in [3.05, 3.63) is 53.6 Å². The molecule has 0 radical (unpaired) electrons. The summed E-state index contributed by atoms with van der Waals surface area (Å²) in [6, 6.07) is 12.9. The summed E-state index contributed by atoms with van der Waals surface area (Å²) < 4.78 is 16.9. The average molecular weight is 395 g/mol. The summed E-state index contributed by atoms with van der Waals surface area (Å²) >= 11 is 0. The first-order chi connectivity index (χ1) is 14.2. The highest BCUT2D eigenvalue weighted by Crippen LogP contribution is 2.38. The number of amides is 1. The molecule has 2 heterocycles. The molecule has 0 aromatic heterocycles. The maximum absolute atomic E-state index is 12.8. The molecule has 2 aromatic carbocycles. The van der Waals surface area contributed by atoms with Crippen molar-refractivity contribution in [2.24, 2.45) is 0 Å². The van der Waals surface area contributed by atoms with Crippen LogP contribution in [0.3, 0.4) is 0 Å². The van der Waals surface area contributed by atoms with Crippen molar-refractivity contribution in [3.8, 4) is 17.2 Å². The van der Waals surface area contributed by atoms with Crippen molar-refractivity contribution in [2.75, 3.05) is 26.4 Å². The largest absolute Gasteiger partial charge is 0.486 e. The standard InChI is InChI=1S/C23H25NO5/c1-2-20(25)16-5-8-18(9-6-16)29-15-23(26)24-11-3-4-19(24)17-7-10-21-22(14-17)28-13-12-27-21/h5-10,14,19H,2-4,11-13,15H2,1H3/t19-/m1/s1. The maximum atomic E-state index is 12.8. The van der Waals surface area contributed by atoms with Crippen LogP contribution in [0.25, 0.3) is 0 Å². The number of carbonyl (C=O) groups excluding carboxylic acids is 2. The van der Waals surface area contributed by atoms with E-state index in [-0.39, 0.29) is 24.3 Å². The number of hydrogen-bond acceptors (Lipinski definition) is 5. The van der Waals surface area contributed by atoms with Crippen molar-refractivity contribution in [1.29, 1.82) is 0 Å². The Kier molecular flexibility index (Phi) is 5.69. The molecule has 152 valence electrons. The molecule has 1 atom stereocenters. The van der Waals surface area contributed by atoms with Gasteiger partial charge in [0.05, 0.1) is 6.04 Å². The van der Waals surface area contributed by atoms with E-state index in [0.29, 0.717) is 37.5 Å². The van der Waals surface area contributed by atoms with Gasteiger partial charge in [0.15, 0.2) is 23.9 Å². The molecule has 2 aliphatic rings. The van der Waals surface area contributed by atoms with Gasteiger partial charge in [0.25, 0.3) is 5.91 Å². The van der Waals surface area contributed by atoms with Crippen molar-refractivity contribution >= 4 is 11.7 Å². The van der Waals surface area contributed by atoms with E-state index in [4.69, 9.17) is 14.2 Å². The summed E-state index contributed by atoms with van der Waals surface area (Å²) in [6.45, 7) is 3.62. The predicted molar refractivity (Wildman–Crippen MR) is 108 cm³/mol. The Morgan fingerprint density at radius 1 is 1.07 bits per heavy atom. The van der Waals surface area contributed by atoms with Crippen LogP contribution in [0.15, 0.2) is 42.5 Å². The molecule has 0 saturated carbocycles. The molecule has 29 heavy (non-hydrogen) atoms. The molecule has 4 rings (SSSR count). The maximum Gasteiger partial charge on any atom is 0.261 e. The predicted octanol–water partition coefficient (Wildman–Crippen LogP) is 3.79. The molecule has 0 spiro atoms. The lowest BCUT2D eigenvalue weighted by molar-refractivity contribution is -0.134. The van der Waals surface area contributed by atoms with Gasteiger partial charge in [0, 0.05) is 18.5 Å². The van der Waals surface area contributed by atoms with E-state index in [2.05, 4.69) is 0 Å². The third kappa shape index (κ3) is 4.21. The Balaban J connectivity index is 1.39. The number of Topliss-reactive ketones (excluding diaryl/α,β-unsaturated/α-hetero) is 1. The van der Waals surface area contributed by atoms with E-state index >= 15 is 0 Å². The number of likely N-dealkylation sites (tertiary alicyclic amines) is 1. The lowest BCUT2D eigenvalue weighted by Gasteiger charge is -2.26. The normalized spacial score (nSPS) is 17.8. The minimum atomic E-state index is -0.0453. The lowest BCUT2D eigenvalue weighted by Crippen LogP contribution is -2.34. The summed E-state index contributed by atoms with van der Waals surface area (Å²) in [5.74, 6) is 2.12. The number of fused-ring (bicyclic) bond motifs is 1. The SMILES string of the molecule is CCC(=O)c1ccc(OCC(=O)N2CCC[C@@H]2c2ccc3c(c2)OCCO3)cc1. The lowest BCUT2D eigenvalue weighted by atomic mass is 10.0. The highest BCUT2D eigenvalue weighted by molar-refractivity contribution is 5.95. The van der Waals surface area contributed by atoms with Gasteiger partial charge >= 0.3 is 0 Å². The van der Waals surface area contributed by atoms with Crippen LogP contribution in [-0.2, 0) is 4.79 Å². The summed E-state index contributed by atoms with van der Waals surface area (Å²) in [4.78, 5) is 26.4. The topological polar surface area (TPSA) is 65.1 Å². The van der Waals surface area contributed by atoms with E-state index in [1.54, 1.807) is 24.3 Å². The van der Waals surface area contributed by atoms with Crippen LogP contribution < -0.4 is 14.2 Å². The number of ketones is 1. The molecule has 0 N–H and O–H groups in total. The molecule has 2 aliphatic heterocycles. The average Bonchev–Trinajstić information content (AvgIpc) is 3.27. The van der Waals surface area contributed by atoms with Crippen LogP contribution in [-0.4, -0.2) is 43.0 Å². The molecule has 0 aliphatic carbocycles. The Morgan fingerprint density at radius 3 is 2.59 bits per heavy atom. The van der Waals surface area contributed by atoms with Crippen molar-refractivity contribution in [3.63, 3.8) is 0 Å². The molecule has 2 aromatic rings. The highest BCUT2D eigenvalue weighted by Gasteiger charge is 2.31. The molecule has 0 bridgehead atoms. The van der Waals surface area contributed by atoms with Crippen LogP contribution in [0.2, 0.25) is 0 Å². The third-order valence-electron chi connectivity index (χ3n) is 5.38. The Hall–Kier alpha value is -3.02. The zero-order valence-corrected chi connectivity index (χ0v) is 16.6. The fourth-order valence-corrected chi connectivity index (χ4v) is 3.85. The van der Waals surface area contributed by atoms with E-state index in [1.807, 2.05) is 30.0 Å². The van der Waals surface area contributed by atoms with E-state index in [0.717, 1.165) is 29.9 Å². The minimum Gasteiger partial charge on any atom is -0.486 e. The van der Waals surface area contributed by atoms with Gasteiger partial charge in [-0.2, -0.15) is 0 Å². The fourth-order valence-electron chi connectivity index (χ4n) is 3.85. The molecular weight excluding hydrogens is 370 g/mol. The van der Waals surface area contributed by atoms with Crippen LogP contribution in [0.4, 0.5) is 0 Å². The first-order valence-electron chi connectivity index (χ1n) is 10.1. The van der Waals surface area contributed by atoms with Crippen LogP contribution in [0.1, 0.15) is 48.1 Å². The summed E-state index contributed by atoms with van der Waals surface area (Å²) in [7, 11) is 0. The third-order valence-corrected chi connectivity index (χ3v) is 5.38. The first-order valence-corrected chi connectivity index (χ1v) is 10.1. The Morgan fingerprint density at radius 2 is 1.83 bits per heavy atom. The zero-order chi connectivity index (χ0) is 20.2. The van der Waals surface area contributed by atoms with Gasteiger partial charge in [-0.15, -0.1) is 0 Å². The van der Waals surface area contributed by atoms with Crippen LogP contribution >= 0.6 is 0 Å². The molecule has 6 nitrogen and oxygen atoms in total. The second-order valence-corrected chi connectivity index (χ2v) is 7.24. The second kappa shape index (κ2) is 8.55. The molecule has 6 heteroatoms. The van der Waals surface area contributed by atoms with Gasteiger partial charge in [-0.3, -0.25) is 9.59 Å². The van der Waals surface area contributed by atoms with E-state index < -0.39 is 0 Å². The number of ether oxygens (including phenoxy) is 3. The van der Waals surface area contributed by atoms with E-state index in [9.17, 15) is 9.59 Å². The van der Waals surface area contributed by atoms with Crippen molar-refractivity contribution in [1.82, 2.24) is 4.90 Å². The van der Waals surface area contributed by atoms with Crippen LogP contribution in [0.5, 0.6) is 17.2 Å². The first kappa shape index (κ1) is 19.3. The summed E-state index contributed by atoms with van der Waals surface area (Å²) in [6.07, 6.45) is 2.34. The monoisotopic (exact) mass is 395 g/mol. The van der Waals surface area contributed by atoms with Crippen LogP contribution in [0, 0.1) is 0 Å². The smallest absolute Gasteiger partial charge is 0.261 e. The quantitative estimate of drug-likeness (QED) is 0.696. The minimum absolute atomic E-state index is 0.0199. The fraction of sp³-hybridized carbons (Fsp3) is 0.391. The van der Waals surface area contributed by atoms with Gasteiger partial charge in [0.1, 0.15) is 19.0 Å². The van der Waals surface area contributed by atoms with E-state index in [1.165, 1.54) is 0 Å². The summed E-state index contributed by atoms with van der Waals surface area (Å²) in [5.41, 5.74) is 1.71. The number of rotatable bonds is 6. The number of nitrogens with zero attached hydrogens (tertiary/aromatic N) is 1. The molecular formula is C23H25NO5. The molecule has 1 amide bonds.